The van der Waals surface area contributed by atoms with Crippen LogP contribution in [0.5, 0.6) is 0 Å². The number of nitrogens with one attached hydrogen (secondary N) is 1. The van der Waals surface area contributed by atoms with Crippen molar-refractivity contribution in [2.45, 2.75) is 18.9 Å². The van der Waals surface area contributed by atoms with E-state index in [0.717, 1.165) is 17.2 Å². The van der Waals surface area contributed by atoms with Crippen molar-refractivity contribution in [3.05, 3.63) is 21.3 Å². The van der Waals surface area contributed by atoms with E-state index < -0.39 is 0 Å². The Bertz CT molecular complexity index is 267. The second-order valence-electron chi connectivity index (χ2n) is 3.06. The van der Waals surface area contributed by atoms with Crippen LogP contribution < -0.4 is 11.3 Å². The summed E-state index contributed by atoms with van der Waals surface area (Å²) in [6, 6.07) is 4.19. The number of methoxy groups -OCH3 is 1. The molecule has 5 heteroatoms. The van der Waals surface area contributed by atoms with Gasteiger partial charge >= 0.3 is 0 Å². The van der Waals surface area contributed by atoms with Crippen molar-refractivity contribution in [1.82, 2.24) is 5.43 Å². The fourth-order valence-corrected chi connectivity index (χ4v) is 2.38. The molecule has 0 saturated heterocycles. The Labute approximate surface area is 93.2 Å². The molecule has 1 heterocycles. The summed E-state index contributed by atoms with van der Waals surface area (Å²) in [4.78, 5) is 1.24. The van der Waals surface area contributed by atoms with Gasteiger partial charge in [-0.25, -0.2) is 0 Å². The van der Waals surface area contributed by atoms with Gasteiger partial charge in [0.15, 0.2) is 0 Å². The van der Waals surface area contributed by atoms with Crippen LogP contribution in [0, 0.1) is 0 Å². The first-order valence-electron chi connectivity index (χ1n) is 4.45. The number of rotatable bonds is 6. The van der Waals surface area contributed by atoms with Crippen LogP contribution >= 0.6 is 22.9 Å². The highest BCUT2D eigenvalue weighted by Gasteiger charge is 2.08. The highest BCUT2D eigenvalue weighted by atomic mass is 35.5. The SMILES string of the molecule is COCCC(Cc1ccc(Cl)s1)NN. The van der Waals surface area contributed by atoms with E-state index in [2.05, 4.69) is 5.43 Å². The third kappa shape index (κ3) is 3.94. The Kier molecular flexibility index (Phi) is 5.44. The van der Waals surface area contributed by atoms with Crippen molar-refractivity contribution < 1.29 is 4.74 Å². The minimum Gasteiger partial charge on any atom is -0.385 e. The summed E-state index contributed by atoms with van der Waals surface area (Å²) in [7, 11) is 1.69. The number of thiophene rings is 1. The van der Waals surface area contributed by atoms with Crippen molar-refractivity contribution in [2.75, 3.05) is 13.7 Å². The largest absolute Gasteiger partial charge is 0.385 e. The number of ether oxygens (including phenoxy) is 1. The summed E-state index contributed by atoms with van der Waals surface area (Å²) in [6.45, 7) is 0.716. The highest BCUT2D eigenvalue weighted by Crippen LogP contribution is 2.22. The normalized spacial score (nSPS) is 13.1. The molecule has 0 fully saturated rings. The first-order chi connectivity index (χ1) is 6.76. The summed E-state index contributed by atoms with van der Waals surface area (Å²) in [6.07, 6.45) is 1.81. The van der Waals surface area contributed by atoms with Gasteiger partial charge < -0.3 is 4.74 Å². The van der Waals surface area contributed by atoms with Gasteiger partial charge in [-0.3, -0.25) is 11.3 Å². The Morgan fingerprint density at radius 1 is 1.64 bits per heavy atom. The summed E-state index contributed by atoms with van der Waals surface area (Å²) in [5.41, 5.74) is 2.78. The number of nitrogens with two attached hydrogens (primary N) is 1. The Morgan fingerprint density at radius 2 is 2.43 bits per heavy atom. The summed E-state index contributed by atoms with van der Waals surface area (Å²) >= 11 is 7.43. The molecule has 0 aromatic carbocycles. The molecule has 0 radical (unpaired) electrons. The molecule has 1 rings (SSSR count). The Morgan fingerprint density at radius 3 is 2.93 bits per heavy atom. The maximum atomic E-state index is 5.83. The zero-order valence-electron chi connectivity index (χ0n) is 8.13. The lowest BCUT2D eigenvalue weighted by Gasteiger charge is -2.13. The average Bonchev–Trinajstić information content (AvgIpc) is 2.58. The van der Waals surface area contributed by atoms with E-state index in [1.807, 2.05) is 12.1 Å². The molecule has 14 heavy (non-hydrogen) atoms. The summed E-state index contributed by atoms with van der Waals surface area (Å²) in [5.74, 6) is 5.43. The van der Waals surface area contributed by atoms with Crippen LogP contribution in [-0.2, 0) is 11.2 Å². The predicted octanol–water partition coefficient (Wildman–Crippen LogP) is 1.81. The highest BCUT2D eigenvalue weighted by molar-refractivity contribution is 7.16. The minimum absolute atomic E-state index is 0.254. The average molecular weight is 235 g/mol. The smallest absolute Gasteiger partial charge is 0.0931 e. The Balaban J connectivity index is 2.40. The van der Waals surface area contributed by atoms with Crippen LogP contribution in [0.1, 0.15) is 11.3 Å². The maximum Gasteiger partial charge on any atom is 0.0931 e. The molecular formula is C9H15ClN2OS. The molecule has 3 N–H and O–H groups in total. The van der Waals surface area contributed by atoms with Crippen LogP contribution in [0.4, 0.5) is 0 Å². The number of halogens is 1. The predicted molar refractivity (Wildman–Crippen MR) is 60.6 cm³/mol. The molecule has 0 saturated carbocycles. The van der Waals surface area contributed by atoms with Crippen LogP contribution in [0.25, 0.3) is 0 Å². The topological polar surface area (TPSA) is 47.3 Å². The van der Waals surface area contributed by atoms with Gasteiger partial charge in [0, 0.05) is 24.6 Å². The lowest BCUT2D eigenvalue weighted by molar-refractivity contribution is 0.182. The zero-order chi connectivity index (χ0) is 10.4. The number of hydrogen-bond donors (Lipinski definition) is 2. The van der Waals surface area contributed by atoms with E-state index >= 15 is 0 Å². The molecule has 0 aliphatic rings. The first-order valence-corrected chi connectivity index (χ1v) is 5.65. The second kappa shape index (κ2) is 6.37. The quantitative estimate of drug-likeness (QED) is 0.583. The third-order valence-electron chi connectivity index (χ3n) is 1.98. The molecule has 1 aromatic heterocycles. The molecule has 0 amide bonds. The zero-order valence-corrected chi connectivity index (χ0v) is 9.70. The van der Waals surface area contributed by atoms with Crippen molar-refractivity contribution in [3.63, 3.8) is 0 Å². The first kappa shape index (κ1) is 11.9. The van der Waals surface area contributed by atoms with Gasteiger partial charge in [-0.2, -0.15) is 0 Å². The summed E-state index contributed by atoms with van der Waals surface area (Å²) in [5, 5.41) is 0. The van der Waals surface area contributed by atoms with Gasteiger partial charge in [0.25, 0.3) is 0 Å². The van der Waals surface area contributed by atoms with Gasteiger partial charge in [-0.1, -0.05) is 11.6 Å². The molecule has 0 aliphatic carbocycles. The minimum atomic E-state index is 0.254. The van der Waals surface area contributed by atoms with E-state index in [4.69, 9.17) is 22.2 Å². The number of hydrogen-bond acceptors (Lipinski definition) is 4. The van der Waals surface area contributed by atoms with Crippen molar-refractivity contribution in [2.24, 2.45) is 5.84 Å². The van der Waals surface area contributed by atoms with E-state index in [0.29, 0.717) is 6.61 Å². The van der Waals surface area contributed by atoms with Crippen molar-refractivity contribution in [3.8, 4) is 0 Å². The summed E-state index contributed by atoms with van der Waals surface area (Å²) < 4.78 is 5.82. The van der Waals surface area contributed by atoms with Gasteiger partial charge in [0.1, 0.15) is 0 Å². The molecule has 1 atom stereocenters. The van der Waals surface area contributed by atoms with Crippen molar-refractivity contribution in [1.29, 1.82) is 0 Å². The van der Waals surface area contributed by atoms with E-state index in [1.54, 1.807) is 18.4 Å². The van der Waals surface area contributed by atoms with Gasteiger partial charge in [0.2, 0.25) is 0 Å². The maximum absolute atomic E-state index is 5.83. The van der Waals surface area contributed by atoms with Crippen LogP contribution in [0.2, 0.25) is 4.34 Å². The molecular weight excluding hydrogens is 220 g/mol. The fourth-order valence-electron chi connectivity index (χ4n) is 1.21. The molecule has 0 spiro atoms. The fraction of sp³-hybridized carbons (Fsp3) is 0.556. The van der Waals surface area contributed by atoms with Crippen LogP contribution in [0.3, 0.4) is 0 Å². The molecule has 3 nitrogen and oxygen atoms in total. The van der Waals surface area contributed by atoms with Gasteiger partial charge in [-0.05, 0) is 25.0 Å². The Hall–Kier alpha value is -0.130. The van der Waals surface area contributed by atoms with Gasteiger partial charge in [-0.15, -0.1) is 11.3 Å². The van der Waals surface area contributed by atoms with Crippen LogP contribution in [0.15, 0.2) is 12.1 Å². The van der Waals surface area contributed by atoms with E-state index in [-0.39, 0.29) is 6.04 Å². The standard InChI is InChI=1S/C9H15ClN2OS/c1-13-5-4-7(12-11)6-8-2-3-9(10)14-8/h2-3,7,12H,4-6,11H2,1H3. The van der Waals surface area contributed by atoms with Crippen molar-refractivity contribution >= 4 is 22.9 Å². The van der Waals surface area contributed by atoms with Gasteiger partial charge in [0.05, 0.1) is 4.34 Å². The molecule has 0 bridgehead atoms. The number of hydrazine groups is 1. The second-order valence-corrected chi connectivity index (χ2v) is 4.85. The molecule has 80 valence electrons. The molecule has 1 aromatic rings. The molecule has 1 unspecified atom stereocenters. The molecule has 0 aliphatic heterocycles. The lowest BCUT2D eigenvalue weighted by atomic mass is 10.1. The van der Waals surface area contributed by atoms with E-state index in [9.17, 15) is 0 Å². The monoisotopic (exact) mass is 234 g/mol. The lowest BCUT2D eigenvalue weighted by Crippen LogP contribution is -2.37. The van der Waals surface area contributed by atoms with E-state index in [1.165, 1.54) is 4.88 Å². The third-order valence-corrected chi connectivity index (χ3v) is 3.24. The van der Waals surface area contributed by atoms with Crippen LogP contribution in [-0.4, -0.2) is 19.8 Å².